The Hall–Kier alpha value is -3.71. The lowest BCUT2D eigenvalue weighted by atomic mass is 10.00. The maximum atomic E-state index is 13.0. The van der Waals surface area contributed by atoms with E-state index in [1.54, 1.807) is 0 Å². The zero-order chi connectivity index (χ0) is 24.9. The Kier molecular flexibility index (Phi) is 5.91. The molecule has 1 aromatic heterocycles. The molecule has 0 saturated carbocycles. The minimum atomic E-state index is -1.62. The fourth-order valence-corrected chi connectivity index (χ4v) is 3.68. The smallest absolute Gasteiger partial charge is 0.239 e. The Balaban J connectivity index is 1.82. The third-order valence-corrected chi connectivity index (χ3v) is 5.50. The highest BCUT2D eigenvalue weighted by Crippen LogP contribution is 2.42. The number of aromatic hydroxyl groups is 4. The summed E-state index contributed by atoms with van der Waals surface area (Å²) in [6.45, 7) is 1.47. The van der Waals surface area contributed by atoms with Gasteiger partial charge >= 0.3 is 0 Å². The SMILES string of the molecule is COc1c(-c2cc(O)c(O)c(O)c2)oc2cc(O[C@H]3O[C@@H](C)[C@H](O)[C@H](O)[C@@H]3O)cc(O)c2c1=O. The highest BCUT2D eigenvalue weighted by Gasteiger charge is 2.43. The first-order valence-electron chi connectivity index (χ1n) is 10.0. The molecule has 0 amide bonds. The maximum Gasteiger partial charge on any atom is 0.239 e. The molecular formula is C22H22O12. The van der Waals surface area contributed by atoms with Crippen LogP contribution in [-0.2, 0) is 4.74 Å². The van der Waals surface area contributed by atoms with Crippen molar-refractivity contribution in [2.24, 2.45) is 0 Å². The summed E-state index contributed by atoms with van der Waals surface area (Å²) in [7, 11) is 1.18. The summed E-state index contributed by atoms with van der Waals surface area (Å²) < 4.78 is 21.8. The van der Waals surface area contributed by atoms with Gasteiger partial charge in [0.05, 0.1) is 13.2 Å². The standard InChI is InChI=1S/C22H22O12/c1-7-15(26)18(29)19(30)22(32-7)33-9-5-10(23)14-13(6-9)34-20(21(31-2)17(14)28)8-3-11(24)16(27)12(25)4-8/h3-7,15,18-19,22-27,29-30H,1-2H3/t7-,15-,18-,19-,22+/m0/s1. The Labute approximate surface area is 191 Å². The van der Waals surface area contributed by atoms with Gasteiger partial charge in [-0.2, -0.15) is 0 Å². The van der Waals surface area contributed by atoms with Crippen LogP contribution in [0, 0.1) is 0 Å². The molecule has 2 aromatic carbocycles. The van der Waals surface area contributed by atoms with Crippen LogP contribution in [0.25, 0.3) is 22.3 Å². The van der Waals surface area contributed by atoms with E-state index < -0.39 is 59.1 Å². The second kappa shape index (κ2) is 8.57. The largest absolute Gasteiger partial charge is 0.507 e. The fourth-order valence-electron chi connectivity index (χ4n) is 3.68. The molecule has 0 spiro atoms. The number of aliphatic hydroxyl groups is 3. The Morgan fingerprint density at radius 3 is 2.15 bits per heavy atom. The first kappa shape index (κ1) is 23.4. The van der Waals surface area contributed by atoms with Crippen LogP contribution in [0.3, 0.4) is 0 Å². The van der Waals surface area contributed by atoms with Crippen molar-refractivity contribution in [2.75, 3.05) is 7.11 Å². The molecule has 1 aliphatic rings. The lowest BCUT2D eigenvalue weighted by Gasteiger charge is -2.38. The number of fused-ring (bicyclic) bond motifs is 1. The van der Waals surface area contributed by atoms with Gasteiger partial charge in [0.25, 0.3) is 0 Å². The lowest BCUT2D eigenvalue weighted by Crippen LogP contribution is -2.58. The molecule has 2 heterocycles. The summed E-state index contributed by atoms with van der Waals surface area (Å²) in [5.74, 6) is -3.38. The topological polar surface area (TPSA) is 200 Å². The first-order valence-corrected chi connectivity index (χ1v) is 10.0. The van der Waals surface area contributed by atoms with Crippen molar-refractivity contribution in [1.29, 1.82) is 0 Å². The molecule has 182 valence electrons. The second-order valence-electron chi connectivity index (χ2n) is 7.77. The first-order chi connectivity index (χ1) is 16.0. The number of benzene rings is 2. The molecule has 3 aromatic rings. The highest BCUT2D eigenvalue weighted by molar-refractivity contribution is 5.88. The summed E-state index contributed by atoms with van der Waals surface area (Å²) in [6, 6.07) is 4.33. The molecule has 0 bridgehead atoms. The maximum absolute atomic E-state index is 13.0. The van der Waals surface area contributed by atoms with Crippen LogP contribution in [-0.4, -0.2) is 73.6 Å². The van der Waals surface area contributed by atoms with Crippen LogP contribution < -0.4 is 14.9 Å². The molecule has 1 saturated heterocycles. The van der Waals surface area contributed by atoms with Crippen LogP contribution >= 0.6 is 0 Å². The van der Waals surface area contributed by atoms with Gasteiger partial charge in [0.1, 0.15) is 40.8 Å². The Morgan fingerprint density at radius 1 is 0.882 bits per heavy atom. The van der Waals surface area contributed by atoms with Gasteiger partial charge in [0.2, 0.25) is 17.5 Å². The molecule has 1 aliphatic heterocycles. The van der Waals surface area contributed by atoms with Crippen LogP contribution in [0.2, 0.25) is 0 Å². The summed E-state index contributed by atoms with van der Waals surface area (Å²) >= 11 is 0. The van der Waals surface area contributed by atoms with Gasteiger partial charge in [-0.25, -0.2) is 0 Å². The summed E-state index contributed by atoms with van der Waals surface area (Å²) in [4.78, 5) is 13.0. The van der Waals surface area contributed by atoms with Gasteiger partial charge in [-0.15, -0.1) is 0 Å². The van der Waals surface area contributed by atoms with Crippen molar-refractivity contribution in [3.63, 3.8) is 0 Å². The van der Waals surface area contributed by atoms with Crippen LogP contribution in [0.15, 0.2) is 33.5 Å². The number of hydrogen-bond acceptors (Lipinski definition) is 12. The molecule has 5 atom stereocenters. The molecule has 0 radical (unpaired) electrons. The van der Waals surface area contributed by atoms with Gasteiger partial charge in [-0.05, 0) is 19.1 Å². The molecular weight excluding hydrogens is 456 g/mol. The zero-order valence-electron chi connectivity index (χ0n) is 17.9. The van der Waals surface area contributed by atoms with Crippen LogP contribution in [0.4, 0.5) is 0 Å². The third kappa shape index (κ3) is 3.82. The zero-order valence-corrected chi connectivity index (χ0v) is 17.9. The predicted molar refractivity (Wildman–Crippen MR) is 114 cm³/mol. The minimum absolute atomic E-state index is 0.0218. The second-order valence-corrected chi connectivity index (χ2v) is 7.77. The van der Waals surface area contributed by atoms with Gasteiger partial charge < -0.3 is 54.4 Å². The number of methoxy groups -OCH3 is 1. The average molecular weight is 478 g/mol. The van der Waals surface area contributed by atoms with Crippen molar-refractivity contribution >= 4 is 11.0 Å². The van der Waals surface area contributed by atoms with Gasteiger partial charge in [-0.1, -0.05) is 0 Å². The normalized spacial score (nSPS) is 24.8. The van der Waals surface area contributed by atoms with Crippen LogP contribution in [0.5, 0.6) is 34.5 Å². The number of phenolic OH excluding ortho intramolecular Hbond substituents is 4. The molecule has 0 unspecified atom stereocenters. The predicted octanol–water partition coefficient (Wildman–Crippen LogP) is 0.497. The van der Waals surface area contributed by atoms with E-state index in [-0.39, 0.29) is 33.8 Å². The van der Waals surface area contributed by atoms with E-state index in [1.165, 1.54) is 20.1 Å². The van der Waals surface area contributed by atoms with E-state index in [2.05, 4.69) is 0 Å². The van der Waals surface area contributed by atoms with E-state index in [9.17, 15) is 40.5 Å². The number of hydrogen-bond donors (Lipinski definition) is 7. The number of rotatable bonds is 4. The van der Waals surface area contributed by atoms with Crippen molar-refractivity contribution in [1.82, 2.24) is 0 Å². The van der Waals surface area contributed by atoms with Gasteiger partial charge in [-0.3, -0.25) is 4.79 Å². The van der Waals surface area contributed by atoms with Crippen LogP contribution in [0.1, 0.15) is 6.92 Å². The van der Waals surface area contributed by atoms with Gasteiger partial charge in [0.15, 0.2) is 23.0 Å². The highest BCUT2D eigenvalue weighted by atomic mass is 16.7. The fraction of sp³-hybridized carbons (Fsp3) is 0.318. The number of ether oxygens (including phenoxy) is 3. The number of aliphatic hydroxyl groups excluding tert-OH is 3. The van der Waals surface area contributed by atoms with Crippen molar-refractivity contribution in [2.45, 2.75) is 37.6 Å². The number of phenols is 4. The van der Waals surface area contributed by atoms with Crippen molar-refractivity contribution in [3.8, 4) is 45.8 Å². The van der Waals surface area contributed by atoms with E-state index in [0.717, 1.165) is 18.2 Å². The Bertz CT molecular complexity index is 1280. The monoisotopic (exact) mass is 478 g/mol. The molecule has 1 fully saturated rings. The molecule has 0 aliphatic carbocycles. The molecule has 4 rings (SSSR count). The molecule has 12 nitrogen and oxygen atoms in total. The van der Waals surface area contributed by atoms with Crippen molar-refractivity contribution in [3.05, 3.63) is 34.5 Å². The van der Waals surface area contributed by atoms with E-state index in [4.69, 9.17) is 18.6 Å². The summed E-state index contributed by atoms with van der Waals surface area (Å²) in [6.07, 6.45) is -6.80. The molecule has 34 heavy (non-hydrogen) atoms. The minimum Gasteiger partial charge on any atom is -0.507 e. The summed E-state index contributed by atoms with van der Waals surface area (Å²) in [5, 5.41) is 69.4. The van der Waals surface area contributed by atoms with E-state index in [0.29, 0.717) is 0 Å². The van der Waals surface area contributed by atoms with E-state index in [1.807, 2.05) is 0 Å². The van der Waals surface area contributed by atoms with Gasteiger partial charge in [0, 0.05) is 17.7 Å². The lowest BCUT2D eigenvalue weighted by molar-refractivity contribution is -0.268. The quantitative estimate of drug-likeness (QED) is 0.257. The average Bonchev–Trinajstić information content (AvgIpc) is 2.78. The molecule has 7 N–H and O–H groups in total. The summed E-state index contributed by atoms with van der Waals surface area (Å²) in [5.41, 5.74) is -0.996. The molecule has 12 heteroatoms. The van der Waals surface area contributed by atoms with Crippen molar-refractivity contribution < 1.29 is 54.4 Å². The third-order valence-electron chi connectivity index (χ3n) is 5.50. The Morgan fingerprint density at radius 2 is 1.53 bits per heavy atom. The van der Waals surface area contributed by atoms with E-state index >= 15 is 0 Å².